The highest BCUT2D eigenvalue weighted by Gasteiger charge is 2.23. The van der Waals surface area contributed by atoms with Crippen LogP contribution in [0.4, 0.5) is 5.69 Å². The molecule has 0 bridgehead atoms. The maximum Gasteiger partial charge on any atom is 0.261 e. The second-order valence-corrected chi connectivity index (χ2v) is 8.65. The van der Waals surface area contributed by atoms with Gasteiger partial charge in [-0.3, -0.25) is 4.79 Å². The number of aryl methyl sites for hydroxylation is 1. The molecule has 0 unspecified atom stereocenters. The number of aromatic nitrogens is 2. The van der Waals surface area contributed by atoms with Gasteiger partial charge in [-0.05, 0) is 25.1 Å². The smallest absolute Gasteiger partial charge is 0.261 e. The summed E-state index contributed by atoms with van der Waals surface area (Å²) in [6.45, 7) is 1.71. The molecule has 2 heterocycles. The van der Waals surface area contributed by atoms with Crippen molar-refractivity contribution in [1.82, 2.24) is 10.1 Å². The highest BCUT2D eigenvalue weighted by atomic mass is 35.5. The number of halogens is 1. The molecule has 3 aromatic carbocycles. The summed E-state index contributed by atoms with van der Waals surface area (Å²) in [7, 11) is 0. The molecule has 5 aromatic rings. The van der Waals surface area contributed by atoms with Crippen LogP contribution in [0.25, 0.3) is 33.1 Å². The van der Waals surface area contributed by atoms with Gasteiger partial charge in [0.05, 0.1) is 10.7 Å². The Hall–Kier alpha value is -3.74. The molecule has 0 aliphatic carbocycles. The van der Waals surface area contributed by atoms with Crippen molar-refractivity contribution in [3.8, 4) is 33.1 Å². The summed E-state index contributed by atoms with van der Waals surface area (Å²) in [4.78, 5) is 17.9. The van der Waals surface area contributed by atoms with Gasteiger partial charge in [-0.1, -0.05) is 77.4 Å². The molecule has 5 nitrogen and oxygen atoms in total. The molecule has 0 atom stereocenters. The van der Waals surface area contributed by atoms with Crippen LogP contribution < -0.4 is 5.32 Å². The lowest BCUT2D eigenvalue weighted by Crippen LogP contribution is -2.13. The number of carbonyl (C=O) groups is 1. The van der Waals surface area contributed by atoms with E-state index >= 15 is 0 Å². The van der Waals surface area contributed by atoms with Crippen molar-refractivity contribution < 1.29 is 9.32 Å². The van der Waals surface area contributed by atoms with E-state index in [4.69, 9.17) is 21.1 Å². The monoisotopic (exact) mass is 471 g/mol. The standard InChI is InChI=1S/C26H18ClN3O2S/c1-16-23(24(30-32-16)20-12-5-6-13-21(20)27)25(31)28-19-11-7-10-18(14-19)22-15-33-26(29-22)17-8-3-2-4-9-17/h2-15H,1H3,(H,28,31). The number of hydrogen-bond acceptors (Lipinski definition) is 5. The van der Waals surface area contributed by atoms with Gasteiger partial charge in [0.15, 0.2) is 0 Å². The zero-order valence-corrected chi connectivity index (χ0v) is 19.2. The van der Waals surface area contributed by atoms with Crippen LogP contribution in [-0.4, -0.2) is 16.0 Å². The van der Waals surface area contributed by atoms with E-state index in [0.717, 1.165) is 21.8 Å². The van der Waals surface area contributed by atoms with Gasteiger partial charge in [0.25, 0.3) is 5.91 Å². The van der Waals surface area contributed by atoms with Crippen LogP contribution in [-0.2, 0) is 0 Å². The summed E-state index contributed by atoms with van der Waals surface area (Å²) in [5.41, 5.74) is 4.91. The number of amides is 1. The minimum atomic E-state index is -0.316. The van der Waals surface area contributed by atoms with Gasteiger partial charge >= 0.3 is 0 Å². The number of thiazole rings is 1. The predicted octanol–water partition coefficient (Wildman–Crippen LogP) is 7.35. The van der Waals surface area contributed by atoms with E-state index in [1.54, 1.807) is 24.3 Å². The van der Waals surface area contributed by atoms with Crippen molar-refractivity contribution in [3.05, 3.63) is 101 Å². The molecule has 1 amide bonds. The van der Waals surface area contributed by atoms with Crippen LogP contribution in [0.15, 0.2) is 88.8 Å². The Bertz CT molecular complexity index is 1440. The van der Waals surface area contributed by atoms with E-state index in [0.29, 0.717) is 33.3 Å². The summed E-state index contributed by atoms with van der Waals surface area (Å²) >= 11 is 7.91. The number of hydrogen-bond donors (Lipinski definition) is 1. The molecule has 0 saturated carbocycles. The summed E-state index contributed by atoms with van der Waals surface area (Å²) in [5.74, 6) is 0.106. The second-order valence-electron chi connectivity index (χ2n) is 7.38. The van der Waals surface area contributed by atoms with Crippen LogP contribution in [0.1, 0.15) is 16.1 Å². The lowest BCUT2D eigenvalue weighted by molar-refractivity contribution is 0.102. The second kappa shape index (κ2) is 9.02. The minimum Gasteiger partial charge on any atom is -0.360 e. The average Bonchev–Trinajstić information content (AvgIpc) is 3.47. The fraction of sp³-hybridized carbons (Fsp3) is 0.0385. The predicted molar refractivity (Wildman–Crippen MR) is 133 cm³/mol. The van der Waals surface area contributed by atoms with Crippen molar-refractivity contribution in [1.29, 1.82) is 0 Å². The zero-order chi connectivity index (χ0) is 22.8. The van der Waals surface area contributed by atoms with Gasteiger partial charge in [0, 0.05) is 27.8 Å². The van der Waals surface area contributed by atoms with Gasteiger partial charge in [0.1, 0.15) is 22.0 Å². The zero-order valence-electron chi connectivity index (χ0n) is 17.6. The topological polar surface area (TPSA) is 68.0 Å². The Kier molecular flexibility index (Phi) is 5.77. The number of nitrogens with zero attached hydrogens (tertiary/aromatic N) is 2. The Balaban J connectivity index is 1.42. The summed E-state index contributed by atoms with van der Waals surface area (Å²) < 4.78 is 5.32. The fourth-order valence-corrected chi connectivity index (χ4v) is 4.61. The van der Waals surface area contributed by atoms with Gasteiger partial charge in [-0.25, -0.2) is 4.98 Å². The van der Waals surface area contributed by atoms with E-state index in [2.05, 4.69) is 10.5 Å². The molecule has 0 radical (unpaired) electrons. The number of nitrogens with one attached hydrogen (secondary N) is 1. The van der Waals surface area contributed by atoms with Crippen molar-refractivity contribution in [2.75, 3.05) is 5.32 Å². The molecule has 1 N–H and O–H groups in total. The number of rotatable bonds is 5. The minimum absolute atomic E-state index is 0.316. The van der Waals surface area contributed by atoms with E-state index in [9.17, 15) is 4.79 Å². The van der Waals surface area contributed by atoms with E-state index in [1.807, 2.05) is 78.2 Å². The van der Waals surface area contributed by atoms with Crippen LogP contribution in [0, 0.1) is 6.92 Å². The number of benzene rings is 3. The first-order valence-corrected chi connectivity index (χ1v) is 11.5. The molecule has 0 saturated heterocycles. The summed E-state index contributed by atoms with van der Waals surface area (Å²) in [6.07, 6.45) is 0. The lowest BCUT2D eigenvalue weighted by Gasteiger charge is -2.08. The molecule has 0 aliphatic heterocycles. The quantitative estimate of drug-likeness (QED) is 0.291. The average molecular weight is 472 g/mol. The SMILES string of the molecule is Cc1onc(-c2ccccc2Cl)c1C(=O)Nc1cccc(-c2csc(-c3ccccc3)n2)c1. The largest absolute Gasteiger partial charge is 0.360 e. The third-order valence-electron chi connectivity index (χ3n) is 5.16. The van der Waals surface area contributed by atoms with Crippen LogP contribution >= 0.6 is 22.9 Å². The molecule has 0 spiro atoms. The highest BCUT2D eigenvalue weighted by Crippen LogP contribution is 2.33. The van der Waals surface area contributed by atoms with E-state index < -0.39 is 0 Å². The Morgan fingerprint density at radius 2 is 1.73 bits per heavy atom. The molecule has 2 aromatic heterocycles. The highest BCUT2D eigenvalue weighted by molar-refractivity contribution is 7.13. The van der Waals surface area contributed by atoms with Crippen molar-refractivity contribution in [2.24, 2.45) is 0 Å². The van der Waals surface area contributed by atoms with Gasteiger partial charge in [-0.15, -0.1) is 11.3 Å². The van der Waals surface area contributed by atoms with Crippen LogP contribution in [0.2, 0.25) is 5.02 Å². The molecular formula is C26H18ClN3O2S. The van der Waals surface area contributed by atoms with Crippen molar-refractivity contribution in [2.45, 2.75) is 6.92 Å². The molecule has 5 rings (SSSR count). The van der Waals surface area contributed by atoms with Gasteiger partial charge in [-0.2, -0.15) is 0 Å². The molecule has 33 heavy (non-hydrogen) atoms. The number of anilines is 1. The van der Waals surface area contributed by atoms with Gasteiger partial charge < -0.3 is 9.84 Å². The maximum absolute atomic E-state index is 13.2. The molecule has 7 heteroatoms. The Morgan fingerprint density at radius 1 is 0.970 bits per heavy atom. The molecule has 0 aliphatic rings. The molecule has 0 fully saturated rings. The fourth-order valence-electron chi connectivity index (χ4n) is 3.55. The normalized spacial score (nSPS) is 10.8. The Morgan fingerprint density at radius 3 is 2.55 bits per heavy atom. The first-order chi connectivity index (χ1) is 16.1. The Labute approximate surface area is 199 Å². The van der Waals surface area contributed by atoms with Crippen molar-refractivity contribution in [3.63, 3.8) is 0 Å². The summed E-state index contributed by atoms with van der Waals surface area (Å²) in [5, 5.41) is 10.5. The van der Waals surface area contributed by atoms with Crippen LogP contribution in [0.5, 0.6) is 0 Å². The van der Waals surface area contributed by atoms with Gasteiger partial charge in [0.2, 0.25) is 0 Å². The maximum atomic E-state index is 13.2. The van der Waals surface area contributed by atoms with Crippen LogP contribution in [0.3, 0.4) is 0 Å². The lowest BCUT2D eigenvalue weighted by atomic mass is 10.1. The molecule has 162 valence electrons. The third-order valence-corrected chi connectivity index (χ3v) is 6.38. The molecular weight excluding hydrogens is 454 g/mol. The summed E-state index contributed by atoms with van der Waals surface area (Å²) in [6, 6.07) is 24.9. The first kappa shape index (κ1) is 21.1. The van der Waals surface area contributed by atoms with E-state index in [-0.39, 0.29) is 5.91 Å². The van der Waals surface area contributed by atoms with Crippen molar-refractivity contribution >= 4 is 34.5 Å². The first-order valence-electron chi connectivity index (χ1n) is 10.2. The number of carbonyl (C=O) groups excluding carboxylic acids is 1. The van der Waals surface area contributed by atoms with E-state index in [1.165, 1.54) is 0 Å². The third kappa shape index (κ3) is 4.31.